The molecular weight excluding hydrogens is 282 g/mol. The van der Waals surface area contributed by atoms with E-state index in [1.807, 2.05) is 44.4 Å². The normalized spacial score (nSPS) is 10.8. The predicted octanol–water partition coefficient (Wildman–Crippen LogP) is 2.65. The molecule has 6 heteroatoms. The number of hydrogen-bond acceptors (Lipinski definition) is 4. The van der Waals surface area contributed by atoms with Crippen molar-refractivity contribution >= 4 is 39.5 Å². The van der Waals surface area contributed by atoms with Crippen molar-refractivity contribution in [2.75, 3.05) is 5.32 Å². The second-order valence-corrected chi connectivity index (χ2v) is 5.26. The molecule has 0 atom stereocenters. The maximum absolute atomic E-state index is 5.82. The lowest BCUT2D eigenvalue weighted by Crippen LogP contribution is -2.13. The molecule has 21 heavy (non-hydrogen) atoms. The van der Waals surface area contributed by atoms with Gasteiger partial charge in [0.25, 0.3) is 0 Å². The van der Waals surface area contributed by atoms with Crippen LogP contribution in [-0.2, 0) is 7.05 Å². The number of hydrogen-bond donors (Lipinski definition) is 2. The predicted molar refractivity (Wildman–Crippen MR) is 88.9 cm³/mol. The Labute approximate surface area is 127 Å². The average Bonchev–Trinajstić information content (AvgIpc) is 2.73. The van der Waals surface area contributed by atoms with E-state index in [0.717, 1.165) is 33.5 Å². The summed E-state index contributed by atoms with van der Waals surface area (Å²) in [6.07, 6.45) is 3.61. The number of benzene rings is 1. The third kappa shape index (κ3) is 2.34. The first-order valence-corrected chi connectivity index (χ1v) is 6.92. The van der Waals surface area contributed by atoms with Gasteiger partial charge in [0.2, 0.25) is 0 Å². The number of aryl methyl sites for hydroxylation is 2. The van der Waals surface area contributed by atoms with Crippen molar-refractivity contribution in [3.05, 3.63) is 47.9 Å². The van der Waals surface area contributed by atoms with Gasteiger partial charge < -0.3 is 11.1 Å². The molecule has 0 spiro atoms. The molecule has 0 unspecified atom stereocenters. The van der Waals surface area contributed by atoms with Crippen LogP contribution in [0.15, 0.2) is 36.7 Å². The summed E-state index contributed by atoms with van der Waals surface area (Å²) in [7, 11) is 1.86. The van der Waals surface area contributed by atoms with E-state index >= 15 is 0 Å². The van der Waals surface area contributed by atoms with E-state index in [0.29, 0.717) is 4.99 Å². The Balaban J connectivity index is 2.14. The monoisotopic (exact) mass is 297 g/mol. The summed E-state index contributed by atoms with van der Waals surface area (Å²) in [4.78, 5) is 4.52. The van der Waals surface area contributed by atoms with Crippen molar-refractivity contribution in [2.24, 2.45) is 12.8 Å². The number of thiocarbonyl (C=S) groups is 1. The molecule has 3 aromatic rings. The van der Waals surface area contributed by atoms with Crippen molar-refractivity contribution < 1.29 is 0 Å². The van der Waals surface area contributed by atoms with E-state index < -0.39 is 0 Å². The first-order valence-electron chi connectivity index (χ1n) is 6.51. The van der Waals surface area contributed by atoms with Crippen LogP contribution in [-0.4, -0.2) is 19.8 Å². The van der Waals surface area contributed by atoms with Crippen molar-refractivity contribution in [3.63, 3.8) is 0 Å². The number of pyridine rings is 1. The Hall–Kier alpha value is -2.47. The smallest absolute Gasteiger partial charge is 0.138 e. The van der Waals surface area contributed by atoms with Gasteiger partial charge in [-0.2, -0.15) is 5.10 Å². The maximum Gasteiger partial charge on any atom is 0.138 e. The van der Waals surface area contributed by atoms with Crippen molar-refractivity contribution in [2.45, 2.75) is 6.92 Å². The van der Waals surface area contributed by atoms with Crippen LogP contribution in [0.2, 0.25) is 0 Å². The van der Waals surface area contributed by atoms with Crippen LogP contribution < -0.4 is 11.1 Å². The molecule has 3 N–H and O–H groups in total. The molecule has 0 amide bonds. The number of anilines is 2. The van der Waals surface area contributed by atoms with Gasteiger partial charge in [-0.15, -0.1) is 0 Å². The minimum atomic E-state index is 0.335. The van der Waals surface area contributed by atoms with Crippen LogP contribution >= 0.6 is 12.2 Å². The Morgan fingerprint density at radius 2 is 2.14 bits per heavy atom. The van der Waals surface area contributed by atoms with Crippen LogP contribution in [0.4, 0.5) is 11.5 Å². The van der Waals surface area contributed by atoms with Gasteiger partial charge in [-0.1, -0.05) is 24.4 Å². The molecule has 3 rings (SSSR count). The summed E-state index contributed by atoms with van der Waals surface area (Å²) < 4.78 is 1.75. The van der Waals surface area contributed by atoms with Gasteiger partial charge in [0.1, 0.15) is 10.8 Å². The first-order chi connectivity index (χ1) is 10.1. The number of rotatable bonds is 3. The highest BCUT2D eigenvalue weighted by molar-refractivity contribution is 7.80. The topological polar surface area (TPSA) is 68.8 Å². The van der Waals surface area contributed by atoms with E-state index in [2.05, 4.69) is 15.4 Å². The van der Waals surface area contributed by atoms with Crippen molar-refractivity contribution in [1.82, 2.24) is 14.8 Å². The quantitative estimate of drug-likeness (QED) is 0.727. The fraction of sp³-hybridized carbons (Fsp3) is 0.133. The number of nitrogens with zero attached hydrogens (tertiary/aromatic N) is 3. The van der Waals surface area contributed by atoms with E-state index in [1.54, 1.807) is 10.9 Å². The molecule has 0 aliphatic heterocycles. The molecule has 0 saturated carbocycles. The van der Waals surface area contributed by atoms with Crippen molar-refractivity contribution in [3.8, 4) is 0 Å². The van der Waals surface area contributed by atoms with E-state index in [1.165, 1.54) is 0 Å². The number of nitrogens with one attached hydrogen (secondary N) is 1. The second kappa shape index (κ2) is 5.14. The van der Waals surface area contributed by atoms with Gasteiger partial charge in [0.05, 0.1) is 11.3 Å². The lowest BCUT2D eigenvalue weighted by atomic mass is 10.1. The summed E-state index contributed by atoms with van der Waals surface area (Å²) in [5.74, 6) is 0.788. The highest BCUT2D eigenvalue weighted by Gasteiger charge is 2.16. The van der Waals surface area contributed by atoms with Gasteiger partial charge >= 0.3 is 0 Å². The summed E-state index contributed by atoms with van der Waals surface area (Å²) >= 11 is 5.13. The van der Waals surface area contributed by atoms with Gasteiger partial charge in [-0.3, -0.25) is 9.67 Å². The zero-order valence-corrected chi connectivity index (χ0v) is 12.6. The highest BCUT2D eigenvalue weighted by atomic mass is 32.1. The maximum atomic E-state index is 5.82. The molecule has 1 aromatic carbocycles. The molecular formula is C15H15N5S. The Morgan fingerprint density at radius 3 is 2.90 bits per heavy atom. The molecule has 0 aliphatic rings. The molecule has 2 aromatic heterocycles. The van der Waals surface area contributed by atoms with Gasteiger partial charge in [-0.25, -0.2) is 0 Å². The molecule has 0 bridgehead atoms. The third-order valence-electron chi connectivity index (χ3n) is 3.41. The minimum Gasteiger partial charge on any atom is -0.389 e. The minimum absolute atomic E-state index is 0.335. The summed E-state index contributed by atoms with van der Waals surface area (Å²) in [5.41, 5.74) is 8.35. The number of fused-ring (bicyclic) bond motifs is 1. The number of aromatic nitrogens is 3. The van der Waals surface area contributed by atoms with Crippen LogP contribution in [0, 0.1) is 6.92 Å². The fourth-order valence-electron chi connectivity index (χ4n) is 2.45. The van der Waals surface area contributed by atoms with E-state index in [9.17, 15) is 0 Å². The zero-order chi connectivity index (χ0) is 15.0. The van der Waals surface area contributed by atoms with Crippen LogP contribution in [0.25, 0.3) is 10.8 Å². The highest BCUT2D eigenvalue weighted by Crippen LogP contribution is 2.28. The molecule has 0 aliphatic carbocycles. The number of nitrogens with two attached hydrogens (primary N) is 1. The Bertz CT molecular complexity index is 832. The summed E-state index contributed by atoms with van der Waals surface area (Å²) in [6.45, 7) is 1.89. The van der Waals surface area contributed by atoms with Crippen LogP contribution in [0.1, 0.15) is 11.3 Å². The van der Waals surface area contributed by atoms with Crippen LogP contribution in [0.5, 0.6) is 0 Å². The lowest BCUT2D eigenvalue weighted by Gasteiger charge is -2.11. The van der Waals surface area contributed by atoms with Crippen molar-refractivity contribution in [1.29, 1.82) is 0 Å². The van der Waals surface area contributed by atoms with E-state index in [4.69, 9.17) is 18.0 Å². The molecule has 106 valence electrons. The second-order valence-electron chi connectivity index (χ2n) is 4.82. The van der Waals surface area contributed by atoms with Gasteiger partial charge in [0, 0.05) is 30.5 Å². The summed E-state index contributed by atoms with van der Waals surface area (Å²) in [5, 5.41) is 9.91. The fourth-order valence-corrected chi connectivity index (χ4v) is 2.69. The SMILES string of the molecule is Cc1nn(C)c(Nc2cccc3ccncc23)c1C(N)=S. The molecule has 2 heterocycles. The standard InChI is InChI=1S/C15H15N5S/c1-9-13(14(16)21)15(20(2)19-9)18-12-5-3-4-10-6-7-17-8-11(10)12/h3-8,18H,1-2H3,(H2,16,21). The summed E-state index contributed by atoms with van der Waals surface area (Å²) in [6, 6.07) is 8.01. The van der Waals surface area contributed by atoms with Crippen LogP contribution in [0.3, 0.4) is 0 Å². The third-order valence-corrected chi connectivity index (χ3v) is 3.61. The average molecular weight is 297 g/mol. The first kappa shape index (κ1) is 13.5. The largest absolute Gasteiger partial charge is 0.389 e. The zero-order valence-electron chi connectivity index (χ0n) is 11.8. The Morgan fingerprint density at radius 1 is 1.33 bits per heavy atom. The lowest BCUT2D eigenvalue weighted by molar-refractivity contribution is 0.765. The molecule has 0 saturated heterocycles. The molecule has 0 radical (unpaired) electrons. The van der Waals surface area contributed by atoms with Gasteiger partial charge in [-0.05, 0) is 24.4 Å². The molecule has 5 nitrogen and oxygen atoms in total. The van der Waals surface area contributed by atoms with E-state index in [-0.39, 0.29) is 0 Å². The van der Waals surface area contributed by atoms with Gasteiger partial charge in [0.15, 0.2) is 0 Å². The molecule has 0 fully saturated rings. The Kier molecular flexibility index (Phi) is 3.31.